The Balaban J connectivity index is 1.87. The van der Waals surface area contributed by atoms with Crippen LogP contribution in [0.5, 0.6) is 0 Å². The first-order valence-electron chi connectivity index (χ1n) is 9.74. The molecule has 0 unspecified atom stereocenters. The van der Waals surface area contributed by atoms with Crippen LogP contribution in [0.2, 0.25) is 0 Å². The van der Waals surface area contributed by atoms with Gasteiger partial charge in [-0.05, 0) is 77.2 Å². The molecule has 2 aliphatic heterocycles. The molecular weight excluding hydrogens is 339 g/mol. The number of likely N-dealkylation sites (tertiary alicyclic amines) is 1. The first-order valence-corrected chi connectivity index (χ1v) is 9.74. The molecule has 0 aromatic heterocycles. The molecule has 0 bridgehead atoms. The molecule has 146 valence electrons. The van der Waals surface area contributed by atoms with Gasteiger partial charge in [0.2, 0.25) is 0 Å². The van der Waals surface area contributed by atoms with E-state index in [0.29, 0.717) is 6.61 Å². The van der Waals surface area contributed by atoms with Crippen molar-refractivity contribution in [2.24, 2.45) is 0 Å². The Morgan fingerprint density at radius 1 is 1.12 bits per heavy atom. The van der Waals surface area contributed by atoms with E-state index in [1.54, 1.807) is 6.07 Å². The van der Waals surface area contributed by atoms with Gasteiger partial charge in [0.25, 0.3) is 0 Å². The van der Waals surface area contributed by atoms with Crippen LogP contribution in [0.15, 0.2) is 24.3 Å². The number of hydrogen-bond donors (Lipinski definition) is 0. The molecule has 1 aromatic carbocycles. The predicted octanol–water partition coefficient (Wildman–Crippen LogP) is 5.41. The van der Waals surface area contributed by atoms with Gasteiger partial charge in [0, 0.05) is 12.0 Å². The zero-order valence-corrected chi connectivity index (χ0v) is 15.9. The van der Waals surface area contributed by atoms with E-state index in [0.717, 1.165) is 44.5 Å². The van der Waals surface area contributed by atoms with Gasteiger partial charge in [0.05, 0.1) is 11.2 Å². The van der Waals surface area contributed by atoms with Crippen molar-refractivity contribution in [1.82, 2.24) is 4.90 Å². The summed E-state index contributed by atoms with van der Waals surface area (Å²) in [6, 6.07) is 5.99. The summed E-state index contributed by atoms with van der Waals surface area (Å²) in [7, 11) is 0. The Bertz CT molecular complexity index is 608. The van der Waals surface area contributed by atoms with Gasteiger partial charge in [0.1, 0.15) is 0 Å². The maximum Gasteiger partial charge on any atom is 0.416 e. The lowest BCUT2D eigenvalue weighted by atomic mass is 9.67. The molecule has 1 atom stereocenters. The van der Waals surface area contributed by atoms with Crippen molar-refractivity contribution in [1.29, 1.82) is 0 Å². The number of alkyl halides is 3. The second-order valence-corrected chi connectivity index (χ2v) is 8.55. The second kappa shape index (κ2) is 7.51. The molecule has 0 saturated carbocycles. The lowest BCUT2D eigenvalue weighted by Gasteiger charge is -2.46. The molecule has 26 heavy (non-hydrogen) atoms. The van der Waals surface area contributed by atoms with Crippen LogP contribution in [0.3, 0.4) is 0 Å². The SMILES string of the molecule is CC1(C)C[C@](CCN2CCCCC2)(c2cccc(C(F)(F)F)c2)CCO1. The Morgan fingerprint density at radius 2 is 1.85 bits per heavy atom. The number of piperidine rings is 1. The summed E-state index contributed by atoms with van der Waals surface area (Å²) in [5, 5.41) is 0. The fourth-order valence-corrected chi connectivity index (χ4v) is 4.66. The molecule has 0 aliphatic carbocycles. The van der Waals surface area contributed by atoms with Gasteiger partial charge >= 0.3 is 6.18 Å². The Labute approximate surface area is 154 Å². The van der Waals surface area contributed by atoms with Gasteiger partial charge in [-0.1, -0.05) is 24.6 Å². The third-order valence-electron chi connectivity index (χ3n) is 6.00. The van der Waals surface area contributed by atoms with Crippen molar-refractivity contribution in [3.63, 3.8) is 0 Å². The summed E-state index contributed by atoms with van der Waals surface area (Å²) in [5.41, 5.74) is -0.285. The van der Waals surface area contributed by atoms with Crippen LogP contribution in [0, 0.1) is 0 Å². The monoisotopic (exact) mass is 369 g/mol. The Hall–Kier alpha value is -1.07. The molecule has 1 aromatic rings. The Kier molecular flexibility index (Phi) is 5.69. The van der Waals surface area contributed by atoms with Gasteiger partial charge in [-0.3, -0.25) is 0 Å². The maximum absolute atomic E-state index is 13.3. The number of hydrogen-bond acceptors (Lipinski definition) is 2. The van der Waals surface area contributed by atoms with Crippen LogP contribution in [0.1, 0.15) is 63.5 Å². The molecule has 0 radical (unpaired) electrons. The standard InChI is InChI=1S/C21H30F3NO/c1-19(2)16-20(10-14-26-19,9-13-25-11-4-3-5-12-25)17-7-6-8-18(15-17)21(22,23)24/h6-8,15H,3-5,9-14,16H2,1-2H3/t20-/m1/s1. The minimum Gasteiger partial charge on any atom is -0.376 e. The van der Waals surface area contributed by atoms with Crippen LogP contribution < -0.4 is 0 Å². The quantitative estimate of drug-likeness (QED) is 0.704. The van der Waals surface area contributed by atoms with Crippen LogP contribution >= 0.6 is 0 Å². The van der Waals surface area contributed by atoms with Gasteiger partial charge in [-0.2, -0.15) is 13.2 Å². The van der Waals surface area contributed by atoms with E-state index in [2.05, 4.69) is 18.7 Å². The summed E-state index contributed by atoms with van der Waals surface area (Å²) in [6.45, 7) is 7.87. The fraction of sp³-hybridized carbons (Fsp3) is 0.714. The summed E-state index contributed by atoms with van der Waals surface area (Å²) >= 11 is 0. The Morgan fingerprint density at radius 3 is 2.50 bits per heavy atom. The lowest BCUT2D eigenvalue weighted by molar-refractivity contribution is -0.137. The molecular formula is C21H30F3NO. The zero-order chi connectivity index (χ0) is 18.8. The molecule has 0 amide bonds. The molecule has 2 fully saturated rings. The normalized spacial score (nSPS) is 27.4. The third-order valence-corrected chi connectivity index (χ3v) is 6.00. The summed E-state index contributed by atoms with van der Waals surface area (Å²) in [4.78, 5) is 2.47. The fourth-order valence-electron chi connectivity index (χ4n) is 4.66. The number of rotatable bonds is 4. The summed E-state index contributed by atoms with van der Waals surface area (Å²) in [6.07, 6.45) is 1.87. The van der Waals surface area contributed by atoms with E-state index in [9.17, 15) is 13.2 Å². The molecule has 2 heterocycles. The van der Waals surface area contributed by atoms with Crippen LogP contribution in [0.25, 0.3) is 0 Å². The van der Waals surface area contributed by atoms with Crippen molar-refractivity contribution < 1.29 is 17.9 Å². The van der Waals surface area contributed by atoms with Crippen LogP contribution in [-0.2, 0) is 16.3 Å². The average Bonchev–Trinajstić information content (AvgIpc) is 2.59. The molecule has 5 heteroatoms. The highest BCUT2D eigenvalue weighted by Gasteiger charge is 2.43. The van der Waals surface area contributed by atoms with Crippen molar-refractivity contribution >= 4 is 0 Å². The molecule has 0 N–H and O–H groups in total. The second-order valence-electron chi connectivity index (χ2n) is 8.55. The maximum atomic E-state index is 13.3. The minimum atomic E-state index is -4.30. The predicted molar refractivity (Wildman–Crippen MR) is 97.3 cm³/mol. The van der Waals surface area contributed by atoms with E-state index in [1.807, 2.05) is 6.07 Å². The van der Waals surface area contributed by atoms with E-state index in [4.69, 9.17) is 4.74 Å². The van der Waals surface area contributed by atoms with E-state index in [-0.39, 0.29) is 11.0 Å². The van der Waals surface area contributed by atoms with Crippen molar-refractivity contribution in [2.75, 3.05) is 26.2 Å². The zero-order valence-electron chi connectivity index (χ0n) is 15.9. The number of benzene rings is 1. The van der Waals surface area contributed by atoms with Gasteiger partial charge in [-0.15, -0.1) is 0 Å². The van der Waals surface area contributed by atoms with Crippen LogP contribution in [0.4, 0.5) is 13.2 Å². The van der Waals surface area contributed by atoms with Gasteiger partial charge in [-0.25, -0.2) is 0 Å². The largest absolute Gasteiger partial charge is 0.416 e. The molecule has 0 spiro atoms. The lowest BCUT2D eigenvalue weighted by Crippen LogP contribution is -2.46. The topological polar surface area (TPSA) is 12.5 Å². The van der Waals surface area contributed by atoms with E-state index < -0.39 is 11.7 Å². The highest BCUT2D eigenvalue weighted by molar-refractivity contribution is 5.33. The van der Waals surface area contributed by atoms with Crippen molar-refractivity contribution in [3.05, 3.63) is 35.4 Å². The smallest absolute Gasteiger partial charge is 0.376 e. The van der Waals surface area contributed by atoms with Crippen LogP contribution in [-0.4, -0.2) is 36.7 Å². The highest BCUT2D eigenvalue weighted by Crippen LogP contribution is 2.45. The number of halogens is 3. The molecule has 2 saturated heterocycles. The first kappa shape index (κ1) is 19.7. The first-order chi connectivity index (χ1) is 12.2. The number of nitrogens with zero attached hydrogens (tertiary/aromatic N) is 1. The summed E-state index contributed by atoms with van der Waals surface area (Å²) < 4.78 is 45.7. The molecule has 2 nitrogen and oxygen atoms in total. The van der Waals surface area contributed by atoms with Gasteiger partial charge < -0.3 is 9.64 Å². The highest BCUT2D eigenvalue weighted by atomic mass is 19.4. The summed E-state index contributed by atoms with van der Waals surface area (Å²) in [5.74, 6) is 0. The third kappa shape index (κ3) is 4.61. The van der Waals surface area contributed by atoms with Crippen molar-refractivity contribution in [2.45, 2.75) is 69.6 Å². The van der Waals surface area contributed by atoms with E-state index >= 15 is 0 Å². The van der Waals surface area contributed by atoms with Gasteiger partial charge in [0.15, 0.2) is 0 Å². The van der Waals surface area contributed by atoms with E-state index in [1.165, 1.54) is 31.4 Å². The average molecular weight is 369 g/mol. The molecule has 3 rings (SSSR count). The van der Waals surface area contributed by atoms with Crippen molar-refractivity contribution in [3.8, 4) is 0 Å². The molecule has 2 aliphatic rings. The number of ether oxygens (including phenoxy) is 1. The minimum absolute atomic E-state index is 0.250.